The summed E-state index contributed by atoms with van der Waals surface area (Å²) in [5.74, 6) is 0.970. The molecule has 0 aromatic carbocycles. The van der Waals surface area contributed by atoms with E-state index in [4.69, 9.17) is 0 Å². The highest BCUT2D eigenvalue weighted by Gasteiger charge is 2.33. The molecule has 2 aliphatic rings. The lowest BCUT2D eigenvalue weighted by atomic mass is 9.82. The van der Waals surface area contributed by atoms with Crippen LogP contribution in [0.15, 0.2) is 0 Å². The minimum Gasteiger partial charge on any atom is -0.314 e. The van der Waals surface area contributed by atoms with Crippen LogP contribution in [0, 0.1) is 5.92 Å². The monoisotopic (exact) mass is 238 g/mol. The SMILES string of the molecule is CCC(CC)N1CCNCC1C1CCCCC1. The van der Waals surface area contributed by atoms with Crippen molar-refractivity contribution >= 4 is 0 Å². The summed E-state index contributed by atoms with van der Waals surface area (Å²) in [6.45, 7) is 8.41. The zero-order valence-corrected chi connectivity index (χ0v) is 11.8. The Labute approximate surface area is 107 Å². The van der Waals surface area contributed by atoms with E-state index in [0.717, 1.165) is 18.0 Å². The van der Waals surface area contributed by atoms with Crippen LogP contribution in [0.5, 0.6) is 0 Å². The zero-order chi connectivity index (χ0) is 12.1. The molecule has 0 radical (unpaired) electrons. The third-order valence-corrected chi connectivity index (χ3v) is 4.93. The highest BCUT2D eigenvalue weighted by atomic mass is 15.2. The van der Waals surface area contributed by atoms with Gasteiger partial charge in [0.2, 0.25) is 0 Å². The number of piperazine rings is 1. The van der Waals surface area contributed by atoms with Gasteiger partial charge in [-0.05, 0) is 31.6 Å². The summed E-state index contributed by atoms with van der Waals surface area (Å²) in [7, 11) is 0. The van der Waals surface area contributed by atoms with Gasteiger partial charge in [0.1, 0.15) is 0 Å². The normalized spacial score (nSPS) is 28.8. The van der Waals surface area contributed by atoms with Gasteiger partial charge in [-0.3, -0.25) is 4.90 Å². The average molecular weight is 238 g/mol. The summed E-state index contributed by atoms with van der Waals surface area (Å²) in [6.07, 6.45) is 10.0. The molecule has 100 valence electrons. The van der Waals surface area contributed by atoms with Crippen molar-refractivity contribution in [2.45, 2.75) is 70.9 Å². The molecule has 1 unspecified atom stereocenters. The van der Waals surface area contributed by atoms with Crippen LogP contribution < -0.4 is 5.32 Å². The van der Waals surface area contributed by atoms with Crippen LogP contribution in [-0.2, 0) is 0 Å². The molecule has 1 saturated carbocycles. The van der Waals surface area contributed by atoms with E-state index < -0.39 is 0 Å². The molecule has 2 fully saturated rings. The third kappa shape index (κ3) is 3.23. The molecule has 1 aliphatic heterocycles. The molecule has 0 amide bonds. The van der Waals surface area contributed by atoms with Gasteiger partial charge in [0.15, 0.2) is 0 Å². The summed E-state index contributed by atoms with van der Waals surface area (Å²) in [4.78, 5) is 2.84. The molecule has 2 heteroatoms. The Morgan fingerprint density at radius 1 is 1.12 bits per heavy atom. The molecular formula is C15H30N2. The van der Waals surface area contributed by atoms with Crippen molar-refractivity contribution in [2.24, 2.45) is 5.92 Å². The van der Waals surface area contributed by atoms with Gasteiger partial charge in [0.25, 0.3) is 0 Å². The molecule has 0 bridgehead atoms. The Bertz CT molecular complexity index is 207. The maximum absolute atomic E-state index is 3.62. The number of rotatable bonds is 4. The molecule has 0 spiro atoms. The maximum atomic E-state index is 3.62. The Morgan fingerprint density at radius 2 is 1.82 bits per heavy atom. The second-order valence-electron chi connectivity index (χ2n) is 5.88. The van der Waals surface area contributed by atoms with Gasteiger partial charge in [-0.2, -0.15) is 0 Å². The molecule has 1 aliphatic carbocycles. The molecule has 17 heavy (non-hydrogen) atoms. The standard InChI is InChI=1S/C15H30N2/c1-3-14(4-2)17-11-10-16-12-15(17)13-8-6-5-7-9-13/h13-16H,3-12H2,1-2H3. The topological polar surface area (TPSA) is 15.3 Å². The summed E-state index contributed by atoms with van der Waals surface area (Å²) >= 11 is 0. The highest BCUT2D eigenvalue weighted by molar-refractivity contribution is 4.89. The summed E-state index contributed by atoms with van der Waals surface area (Å²) in [5.41, 5.74) is 0. The quantitative estimate of drug-likeness (QED) is 0.810. The van der Waals surface area contributed by atoms with Crippen LogP contribution in [0.2, 0.25) is 0 Å². The molecule has 2 rings (SSSR count). The van der Waals surface area contributed by atoms with Crippen molar-refractivity contribution in [3.8, 4) is 0 Å². The summed E-state index contributed by atoms with van der Waals surface area (Å²) in [6, 6.07) is 1.65. The third-order valence-electron chi connectivity index (χ3n) is 4.93. The number of nitrogens with one attached hydrogen (secondary N) is 1. The fourth-order valence-corrected chi connectivity index (χ4v) is 3.91. The predicted octanol–water partition coefficient (Wildman–Crippen LogP) is 3.03. The molecule has 1 atom stereocenters. The average Bonchev–Trinajstić information content (AvgIpc) is 2.42. The van der Waals surface area contributed by atoms with Crippen LogP contribution in [0.25, 0.3) is 0 Å². The first kappa shape index (κ1) is 13.4. The largest absolute Gasteiger partial charge is 0.314 e. The van der Waals surface area contributed by atoms with E-state index in [1.807, 2.05) is 0 Å². The molecule has 0 aromatic heterocycles. The number of hydrogen-bond acceptors (Lipinski definition) is 2. The smallest absolute Gasteiger partial charge is 0.0252 e. The van der Waals surface area contributed by atoms with Crippen LogP contribution in [0.1, 0.15) is 58.8 Å². The van der Waals surface area contributed by atoms with Gasteiger partial charge in [0, 0.05) is 31.7 Å². The van der Waals surface area contributed by atoms with Crippen LogP contribution in [-0.4, -0.2) is 36.6 Å². The Balaban J connectivity index is 1.99. The first-order valence-corrected chi connectivity index (χ1v) is 7.83. The fourth-order valence-electron chi connectivity index (χ4n) is 3.91. The van der Waals surface area contributed by atoms with Crippen molar-refractivity contribution in [1.29, 1.82) is 0 Å². The predicted molar refractivity (Wildman–Crippen MR) is 74.3 cm³/mol. The van der Waals surface area contributed by atoms with Crippen LogP contribution >= 0.6 is 0 Å². The fraction of sp³-hybridized carbons (Fsp3) is 1.00. The van der Waals surface area contributed by atoms with Crippen molar-refractivity contribution in [2.75, 3.05) is 19.6 Å². The van der Waals surface area contributed by atoms with Gasteiger partial charge in [-0.15, -0.1) is 0 Å². The molecule has 1 saturated heterocycles. The van der Waals surface area contributed by atoms with E-state index in [9.17, 15) is 0 Å². The van der Waals surface area contributed by atoms with E-state index in [1.165, 1.54) is 64.6 Å². The van der Waals surface area contributed by atoms with E-state index in [1.54, 1.807) is 0 Å². The summed E-state index contributed by atoms with van der Waals surface area (Å²) < 4.78 is 0. The molecule has 2 nitrogen and oxygen atoms in total. The lowest BCUT2D eigenvalue weighted by Gasteiger charge is -2.45. The maximum Gasteiger partial charge on any atom is 0.0252 e. The van der Waals surface area contributed by atoms with Gasteiger partial charge >= 0.3 is 0 Å². The van der Waals surface area contributed by atoms with E-state index in [-0.39, 0.29) is 0 Å². The minimum absolute atomic E-state index is 0.823. The van der Waals surface area contributed by atoms with E-state index in [0.29, 0.717) is 0 Å². The highest BCUT2D eigenvalue weighted by Crippen LogP contribution is 2.31. The number of nitrogens with zero attached hydrogens (tertiary/aromatic N) is 1. The minimum atomic E-state index is 0.823. The lowest BCUT2D eigenvalue weighted by molar-refractivity contribution is 0.0499. The van der Waals surface area contributed by atoms with E-state index in [2.05, 4.69) is 24.1 Å². The molecule has 0 aromatic rings. The molecule has 1 heterocycles. The molecular weight excluding hydrogens is 208 g/mol. The summed E-state index contributed by atoms with van der Waals surface area (Å²) in [5, 5.41) is 3.62. The van der Waals surface area contributed by atoms with Crippen molar-refractivity contribution in [3.05, 3.63) is 0 Å². The Kier molecular flexibility index (Phi) is 5.30. The second-order valence-corrected chi connectivity index (χ2v) is 5.88. The van der Waals surface area contributed by atoms with Gasteiger partial charge < -0.3 is 5.32 Å². The molecule has 1 N–H and O–H groups in total. The van der Waals surface area contributed by atoms with E-state index >= 15 is 0 Å². The van der Waals surface area contributed by atoms with Gasteiger partial charge in [-0.1, -0.05) is 33.1 Å². The first-order chi connectivity index (χ1) is 8.36. The van der Waals surface area contributed by atoms with Crippen molar-refractivity contribution in [3.63, 3.8) is 0 Å². The van der Waals surface area contributed by atoms with Crippen LogP contribution in [0.4, 0.5) is 0 Å². The van der Waals surface area contributed by atoms with Crippen molar-refractivity contribution in [1.82, 2.24) is 10.2 Å². The lowest BCUT2D eigenvalue weighted by Crippen LogP contribution is -2.57. The first-order valence-electron chi connectivity index (χ1n) is 7.83. The second kappa shape index (κ2) is 6.75. The van der Waals surface area contributed by atoms with Gasteiger partial charge in [-0.25, -0.2) is 0 Å². The zero-order valence-electron chi connectivity index (χ0n) is 11.8. The van der Waals surface area contributed by atoms with Crippen molar-refractivity contribution < 1.29 is 0 Å². The Morgan fingerprint density at radius 3 is 2.47 bits per heavy atom. The Hall–Kier alpha value is -0.0800. The van der Waals surface area contributed by atoms with Gasteiger partial charge in [0.05, 0.1) is 0 Å². The number of hydrogen-bond donors (Lipinski definition) is 1. The van der Waals surface area contributed by atoms with Crippen LogP contribution in [0.3, 0.4) is 0 Å².